The zero-order valence-corrected chi connectivity index (χ0v) is 14.7. The second-order valence-corrected chi connectivity index (χ2v) is 5.94. The number of carbonyl (C=O) groups is 1. The number of para-hydroxylation sites is 1. The molecule has 0 atom stereocenters. The van der Waals surface area contributed by atoms with Crippen molar-refractivity contribution in [3.63, 3.8) is 0 Å². The van der Waals surface area contributed by atoms with Gasteiger partial charge in [-0.15, -0.1) is 0 Å². The van der Waals surface area contributed by atoms with Gasteiger partial charge in [0.2, 0.25) is 0 Å². The van der Waals surface area contributed by atoms with E-state index < -0.39 is 0 Å². The van der Waals surface area contributed by atoms with Gasteiger partial charge in [0.25, 0.3) is 5.91 Å². The molecule has 0 fully saturated rings. The van der Waals surface area contributed by atoms with Gasteiger partial charge in [0, 0.05) is 19.3 Å². The molecule has 0 aliphatic rings. The summed E-state index contributed by atoms with van der Waals surface area (Å²) in [6, 6.07) is 21.7. The Labute approximate surface area is 153 Å². The Balaban J connectivity index is 1.33. The van der Waals surface area contributed by atoms with Gasteiger partial charge in [-0.2, -0.15) is 5.10 Å². The predicted octanol–water partition coefficient (Wildman–Crippen LogP) is 3.25. The fourth-order valence-corrected chi connectivity index (χ4v) is 2.57. The molecule has 5 heteroatoms. The molecule has 1 heterocycles. The molecule has 1 aromatic heterocycles. The molecule has 0 bridgehead atoms. The number of benzene rings is 2. The molecule has 26 heavy (non-hydrogen) atoms. The van der Waals surface area contributed by atoms with Gasteiger partial charge in [-0.1, -0.05) is 48.5 Å². The quantitative estimate of drug-likeness (QED) is 0.603. The summed E-state index contributed by atoms with van der Waals surface area (Å²) in [6.07, 6.45) is 3.47. The molecule has 0 unspecified atom stereocenters. The first-order valence-corrected chi connectivity index (χ1v) is 8.84. The highest BCUT2D eigenvalue weighted by molar-refractivity contribution is 5.92. The summed E-state index contributed by atoms with van der Waals surface area (Å²) < 4.78 is 7.31. The molecular weight excluding hydrogens is 326 g/mol. The maximum Gasteiger partial charge on any atom is 0.271 e. The van der Waals surface area contributed by atoms with Crippen molar-refractivity contribution in [2.24, 2.45) is 0 Å². The lowest BCUT2D eigenvalue weighted by molar-refractivity contribution is 0.0937. The molecule has 3 aromatic rings. The summed E-state index contributed by atoms with van der Waals surface area (Å²) >= 11 is 0. The number of hydrogen-bond donors (Lipinski definition) is 1. The van der Waals surface area contributed by atoms with Crippen molar-refractivity contribution < 1.29 is 9.53 Å². The van der Waals surface area contributed by atoms with Crippen molar-refractivity contribution in [3.8, 4) is 5.69 Å². The third kappa shape index (κ3) is 5.29. The zero-order chi connectivity index (χ0) is 18.0. The summed E-state index contributed by atoms with van der Waals surface area (Å²) in [5.74, 6) is -0.163. The molecule has 0 aliphatic heterocycles. The van der Waals surface area contributed by atoms with E-state index in [1.807, 2.05) is 48.5 Å². The molecule has 5 nitrogen and oxygen atoms in total. The number of carbonyl (C=O) groups excluding carboxylic acids is 1. The molecule has 0 saturated carbocycles. The molecule has 1 N–H and O–H groups in total. The number of rotatable bonds is 9. The Morgan fingerprint density at radius 3 is 2.46 bits per heavy atom. The van der Waals surface area contributed by atoms with Gasteiger partial charge in [-0.25, -0.2) is 4.68 Å². The molecule has 0 aliphatic carbocycles. The van der Waals surface area contributed by atoms with Gasteiger partial charge in [0.15, 0.2) is 5.69 Å². The topological polar surface area (TPSA) is 56.1 Å². The van der Waals surface area contributed by atoms with Crippen molar-refractivity contribution in [2.45, 2.75) is 12.8 Å². The van der Waals surface area contributed by atoms with Gasteiger partial charge in [0.05, 0.1) is 12.3 Å². The molecule has 2 aromatic carbocycles. The van der Waals surface area contributed by atoms with E-state index in [-0.39, 0.29) is 5.91 Å². The Morgan fingerprint density at radius 2 is 1.69 bits per heavy atom. The highest BCUT2D eigenvalue weighted by atomic mass is 16.5. The van der Waals surface area contributed by atoms with Crippen LogP contribution in [-0.2, 0) is 11.2 Å². The molecule has 1 amide bonds. The van der Waals surface area contributed by atoms with Crippen LogP contribution in [0.15, 0.2) is 72.9 Å². The highest BCUT2D eigenvalue weighted by Crippen LogP contribution is 2.06. The highest BCUT2D eigenvalue weighted by Gasteiger charge is 2.09. The van der Waals surface area contributed by atoms with E-state index in [1.54, 1.807) is 16.9 Å². The van der Waals surface area contributed by atoms with Gasteiger partial charge in [-0.05, 0) is 36.6 Å². The van der Waals surface area contributed by atoms with Crippen LogP contribution in [-0.4, -0.2) is 35.4 Å². The number of hydrogen-bond acceptors (Lipinski definition) is 3. The molecule has 3 rings (SSSR count). The lowest BCUT2D eigenvalue weighted by Gasteiger charge is -2.05. The normalized spacial score (nSPS) is 10.6. The van der Waals surface area contributed by atoms with E-state index in [1.165, 1.54) is 5.56 Å². The molecular formula is C21H23N3O2. The van der Waals surface area contributed by atoms with E-state index >= 15 is 0 Å². The van der Waals surface area contributed by atoms with Crippen LogP contribution in [0.3, 0.4) is 0 Å². The molecule has 134 valence electrons. The molecule has 0 spiro atoms. The van der Waals surface area contributed by atoms with Gasteiger partial charge < -0.3 is 10.1 Å². The van der Waals surface area contributed by atoms with Crippen LogP contribution in [0.5, 0.6) is 0 Å². The smallest absolute Gasteiger partial charge is 0.271 e. The van der Waals surface area contributed by atoms with Crippen molar-refractivity contribution in [1.82, 2.24) is 15.1 Å². The van der Waals surface area contributed by atoms with Crippen LogP contribution < -0.4 is 5.32 Å². The van der Waals surface area contributed by atoms with Crippen LogP contribution in [0.1, 0.15) is 22.5 Å². The van der Waals surface area contributed by atoms with Crippen LogP contribution in [0.25, 0.3) is 5.69 Å². The predicted molar refractivity (Wildman–Crippen MR) is 101 cm³/mol. The minimum absolute atomic E-state index is 0.163. The van der Waals surface area contributed by atoms with Gasteiger partial charge in [-0.3, -0.25) is 4.79 Å². The summed E-state index contributed by atoms with van der Waals surface area (Å²) in [5.41, 5.74) is 2.62. The monoisotopic (exact) mass is 349 g/mol. The van der Waals surface area contributed by atoms with E-state index in [4.69, 9.17) is 4.74 Å². The number of aromatic nitrogens is 2. The Morgan fingerprint density at radius 1 is 0.962 bits per heavy atom. The average Bonchev–Trinajstić information content (AvgIpc) is 3.19. The summed E-state index contributed by atoms with van der Waals surface area (Å²) in [5, 5.41) is 7.19. The Bertz CT molecular complexity index is 800. The van der Waals surface area contributed by atoms with E-state index in [0.717, 1.165) is 18.5 Å². The lowest BCUT2D eigenvalue weighted by Crippen LogP contribution is -2.25. The maximum atomic E-state index is 12.1. The third-order valence-electron chi connectivity index (χ3n) is 3.97. The Kier molecular flexibility index (Phi) is 6.56. The summed E-state index contributed by atoms with van der Waals surface area (Å²) in [7, 11) is 0. The SMILES string of the molecule is O=C(NCCCOCCc1ccccc1)c1ccn(-c2ccccc2)n1. The summed E-state index contributed by atoms with van der Waals surface area (Å²) in [6.45, 7) is 1.90. The fraction of sp³-hybridized carbons (Fsp3) is 0.238. The summed E-state index contributed by atoms with van der Waals surface area (Å²) in [4.78, 5) is 12.1. The largest absolute Gasteiger partial charge is 0.381 e. The van der Waals surface area contributed by atoms with E-state index in [9.17, 15) is 4.79 Å². The number of amides is 1. The van der Waals surface area contributed by atoms with Crippen molar-refractivity contribution >= 4 is 5.91 Å². The van der Waals surface area contributed by atoms with Crippen molar-refractivity contribution in [1.29, 1.82) is 0 Å². The second kappa shape index (κ2) is 9.53. The first kappa shape index (κ1) is 17.9. The average molecular weight is 349 g/mol. The van der Waals surface area contributed by atoms with Gasteiger partial charge >= 0.3 is 0 Å². The zero-order valence-electron chi connectivity index (χ0n) is 14.7. The molecule has 0 saturated heterocycles. The standard InChI is InChI=1S/C21H23N3O2/c25-21(20-12-15-24(23-20)19-10-5-2-6-11-19)22-14-7-16-26-17-13-18-8-3-1-4-9-18/h1-6,8-12,15H,7,13-14,16-17H2,(H,22,25). The third-order valence-corrected chi connectivity index (χ3v) is 3.97. The number of nitrogens with one attached hydrogen (secondary N) is 1. The number of nitrogens with zero attached hydrogens (tertiary/aromatic N) is 2. The molecule has 0 radical (unpaired) electrons. The van der Waals surface area contributed by atoms with Crippen LogP contribution >= 0.6 is 0 Å². The van der Waals surface area contributed by atoms with Crippen molar-refractivity contribution in [2.75, 3.05) is 19.8 Å². The first-order chi connectivity index (χ1) is 12.8. The number of ether oxygens (including phenoxy) is 1. The minimum atomic E-state index is -0.163. The fourth-order valence-electron chi connectivity index (χ4n) is 2.57. The van der Waals surface area contributed by atoms with Crippen LogP contribution in [0.4, 0.5) is 0 Å². The van der Waals surface area contributed by atoms with Gasteiger partial charge in [0.1, 0.15) is 0 Å². The van der Waals surface area contributed by atoms with Crippen LogP contribution in [0.2, 0.25) is 0 Å². The van der Waals surface area contributed by atoms with E-state index in [2.05, 4.69) is 22.5 Å². The van der Waals surface area contributed by atoms with E-state index in [0.29, 0.717) is 25.5 Å². The van der Waals surface area contributed by atoms with Crippen LogP contribution in [0, 0.1) is 0 Å². The lowest BCUT2D eigenvalue weighted by atomic mass is 10.2. The van der Waals surface area contributed by atoms with Crippen molar-refractivity contribution in [3.05, 3.63) is 84.2 Å². The second-order valence-electron chi connectivity index (χ2n) is 5.94. The Hall–Kier alpha value is -2.92. The maximum absolute atomic E-state index is 12.1. The minimum Gasteiger partial charge on any atom is -0.381 e. The first-order valence-electron chi connectivity index (χ1n) is 8.84.